The third-order valence-corrected chi connectivity index (χ3v) is 4.00. The number of carbonyl (C=O) groups is 1. The van der Waals surface area contributed by atoms with E-state index >= 15 is 0 Å². The summed E-state index contributed by atoms with van der Waals surface area (Å²) in [7, 11) is -3.62. The number of likely N-dealkylation sites (tertiary alicyclic amines) is 1. The Morgan fingerprint density at radius 2 is 1.67 bits per heavy atom. The van der Waals surface area contributed by atoms with Gasteiger partial charge in [0, 0.05) is 32.5 Å². The summed E-state index contributed by atoms with van der Waals surface area (Å²) in [6.45, 7) is 2.28. The standard InChI is InChI=1S/C12H16N2O3S/c13-18(16,17)12-3-1-10(2-4-12)9-14-7-5-11(15)6-8-14/h1-4H,5-9H2,(H2,13,16,17). The van der Waals surface area contributed by atoms with Crippen LogP contribution < -0.4 is 5.14 Å². The van der Waals surface area contributed by atoms with E-state index in [1.54, 1.807) is 12.1 Å². The Hall–Kier alpha value is -1.24. The summed E-state index contributed by atoms with van der Waals surface area (Å²) in [4.78, 5) is 13.4. The highest BCUT2D eigenvalue weighted by atomic mass is 32.2. The summed E-state index contributed by atoms with van der Waals surface area (Å²) in [5.41, 5.74) is 1.02. The molecule has 1 aromatic rings. The lowest BCUT2D eigenvalue weighted by Gasteiger charge is -2.25. The fraction of sp³-hybridized carbons (Fsp3) is 0.417. The highest BCUT2D eigenvalue weighted by molar-refractivity contribution is 7.89. The van der Waals surface area contributed by atoms with Gasteiger partial charge in [0.25, 0.3) is 0 Å². The fourth-order valence-corrected chi connectivity index (χ4v) is 2.52. The molecular formula is C12H16N2O3S. The zero-order valence-corrected chi connectivity index (χ0v) is 10.8. The molecule has 0 radical (unpaired) electrons. The van der Waals surface area contributed by atoms with Crippen LogP contribution in [0, 0.1) is 0 Å². The zero-order valence-electron chi connectivity index (χ0n) is 10.0. The number of hydrogen-bond acceptors (Lipinski definition) is 4. The molecule has 0 spiro atoms. The number of nitrogens with zero attached hydrogens (tertiary/aromatic N) is 1. The molecule has 1 heterocycles. The number of Topliss-reactive ketones (excluding diaryl/α,β-unsaturated/α-hetero) is 1. The predicted molar refractivity (Wildman–Crippen MR) is 67.3 cm³/mol. The number of rotatable bonds is 3. The van der Waals surface area contributed by atoms with Crippen LogP contribution in [0.5, 0.6) is 0 Å². The van der Waals surface area contributed by atoms with Gasteiger partial charge in [-0.25, -0.2) is 13.6 Å². The first kappa shape index (κ1) is 13.2. The zero-order chi connectivity index (χ0) is 13.2. The van der Waals surface area contributed by atoms with Crippen LogP contribution in [-0.2, 0) is 21.4 Å². The van der Waals surface area contributed by atoms with Crippen molar-refractivity contribution in [1.82, 2.24) is 4.90 Å². The first-order chi connectivity index (χ1) is 8.45. The van der Waals surface area contributed by atoms with Crippen molar-refractivity contribution in [2.45, 2.75) is 24.3 Å². The van der Waals surface area contributed by atoms with Crippen LogP contribution in [-0.4, -0.2) is 32.2 Å². The first-order valence-corrected chi connectivity index (χ1v) is 7.35. The van der Waals surface area contributed by atoms with Crippen molar-refractivity contribution in [1.29, 1.82) is 0 Å². The largest absolute Gasteiger partial charge is 0.300 e. The van der Waals surface area contributed by atoms with E-state index in [2.05, 4.69) is 4.90 Å². The lowest BCUT2D eigenvalue weighted by Crippen LogP contribution is -2.33. The molecule has 0 aliphatic carbocycles. The average Bonchev–Trinajstić information content (AvgIpc) is 2.32. The fourth-order valence-electron chi connectivity index (χ4n) is 2.00. The van der Waals surface area contributed by atoms with Crippen molar-refractivity contribution in [3.8, 4) is 0 Å². The second-order valence-electron chi connectivity index (χ2n) is 4.50. The highest BCUT2D eigenvalue weighted by Crippen LogP contribution is 2.13. The molecule has 1 aromatic carbocycles. The van der Waals surface area contributed by atoms with Crippen LogP contribution in [0.2, 0.25) is 0 Å². The lowest BCUT2D eigenvalue weighted by atomic mass is 10.1. The molecule has 0 aromatic heterocycles. The summed E-state index contributed by atoms with van der Waals surface area (Å²) < 4.78 is 22.2. The molecule has 98 valence electrons. The topological polar surface area (TPSA) is 80.5 Å². The maximum Gasteiger partial charge on any atom is 0.238 e. The number of hydrogen-bond donors (Lipinski definition) is 1. The number of piperidine rings is 1. The number of ketones is 1. The van der Waals surface area contributed by atoms with E-state index < -0.39 is 10.0 Å². The Morgan fingerprint density at radius 3 is 2.17 bits per heavy atom. The smallest absolute Gasteiger partial charge is 0.238 e. The number of carbonyl (C=O) groups excluding carboxylic acids is 1. The molecule has 0 bridgehead atoms. The van der Waals surface area contributed by atoms with Gasteiger partial charge in [-0.1, -0.05) is 12.1 Å². The van der Waals surface area contributed by atoms with Gasteiger partial charge in [0.2, 0.25) is 10.0 Å². The van der Waals surface area contributed by atoms with Crippen molar-refractivity contribution in [2.24, 2.45) is 5.14 Å². The summed E-state index contributed by atoms with van der Waals surface area (Å²) in [5.74, 6) is 0.316. The molecule has 1 aliphatic heterocycles. The minimum absolute atomic E-state index is 0.125. The minimum atomic E-state index is -3.62. The van der Waals surface area contributed by atoms with Gasteiger partial charge in [0.1, 0.15) is 5.78 Å². The van der Waals surface area contributed by atoms with Gasteiger partial charge in [0.15, 0.2) is 0 Å². The maximum absolute atomic E-state index is 11.1. The van der Waals surface area contributed by atoms with E-state index in [4.69, 9.17) is 5.14 Å². The Bertz CT molecular complexity index is 527. The van der Waals surface area contributed by atoms with Gasteiger partial charge in [-0.15, -0.1) is 0 Å². The second-order valence-corrected chi connectivity index (χ2v) is 6.07. The van der Waals surface area contributed by atoms with Gasteiger partial charge in [-0.3, -0.25) is 9.69 Å². The molecule has 0 saturated carbocycles. The van der Waals surface area contributed by atoms with Crippen LogP contribution >= 0.6 is 0 Å². The molecule has 0 unspecified atom stereocenters. The molecule has 1 fully saturated rings. The minimum Gasteiger partial charge on any atom is -0.300 e. The highest BCUT2D eigenvalue weighted by Gasteiger charge is 2.16. The van der Waals surface area contributed by atoms with Crippen LogP contribution in [0.1, 0.15) is 18.4 Å². The summed E-state index contributed by atoms with van der Waals surface area (Å²) in [6.07, 6.45) is 1.21. The van der Waals surface area contributed by atoms with E-state index in [0.29, 0.717) is 18.6 Å². The molecule has 2 N–H and O–H groups in total. The van der Waals surface area contributed by atoms with Crippen LogP contribution in [0.25, 0.3) is 0 Å². The number of benzene rings is 1. The number of primary sulfonamides is 1. The van der Waals surface area contributed by atoms with Crippen molar-refractivity contribution < 1.29 is 13.2 Å². The molecule has 2 rings (SSSR count). The Labute approximate surface area is 107 Å². The third kappa shape index (κ3) is 3.38. The molecule has 1 saturated heterocycles. The summed E-state index contributed by atoms with van der Waals surface area (Å²) in [6, 6.07) is 6.55. The van der Waals surface area contributed by atoms with Gasteiger partial charge in [-0.2, -0.15) is 0 Å². The maximum atomic E-state index is 11.1. The number of sulfonamides is 1. The van der Waals surface area contributed by atoms with Crippen LogP contribution in [0.3, 0.4) is 0 Å². The molecule has 0 amide bonds. The Kier molecular flexibility index (Phi) is 3.79. The lowest BCUT2D eigenvalue weighted by molar-refractivity contribution is -0.121. The normalized spacial score (nSPS) is 17.9. The number of nitrogens with two attached hydrogens (primary N) is 1. The molecular weight excluding hydrogens is 252 g/mol. The predicted octanol–water partition coefficient (Wildman–Crippen LogP) is 0.499. The average molecular weight is 268 g/mol. The Morgan fingerprint density at radius 1 is 1.11 bits per heavy atom. The first-order valence-electron chi connectivity index (χ1n) is 5.81. The molecule has 0 atom stereocenters. The molecule has 18 heavy (non-hydrogen) atoms. The summed E-state index contributed by atoms with van der Waals surface area (Å²) in [5, 5.41) is 5.03. The summed E-state index contributed by atoms with van der Waals surface area (Å²) >= 11 is 0. The quantitative estimate of drug-likeness (QED) is 0.865. The van der Waals surface area contributed by atoms with E-state index in [1.807, 2.05) is 0 Å². The van der Waals surface area contributed by atoms with Gasteiger partial charge >= 0.3 is 0 Å². The SMILES string of the molecule is NS(=O)(=O)c1ccc(CN2CCC(=O)CC2)cc1. The molecule has 5 nitrogen and oxygen atoms in total. The van der Waals surface area contributed by atoms with Crippen molar-refractivity contribution in [3.05, 3.63) is 29.8 Å². The van der Waals surface area contributed by atoms with E-state index in [0.717, 1.165) is 25.2 Å². The monoisotopic (exact) mass is 268 g/mol. The third-order valence-electron chi connectivity index (χ3n) is 3.07. The van der Waals surface area contributed by atoms with E-state index in [9.17, 15) is 13.2 Å². The van der Waals surface area contributed by atoms with Crippen molar-refractivity contribution >= 4 is 15.8 Å². The van der Waals surface area contributed by atoms with Gasteiger partial charge in [0.05, 0.1) is 4.90 Å². The Balaban J connectivity index is 2.00. The van der Waals surface area contributed by atoms with E-state index in [1.165, 1.54) is 12.1 Å². The second kappa shape index (κ2) is 5.17. The van der Waals surface area contributed by atoms with Crippen LogP contribution in [0.15, 0.2) is 29.2 Å². The van der Waals surface area contributed by atoms with Gasteiger partial charge in [-0.05, 0) is 17.7 Å². The van der Waals surface area contributed by atoms with Crippen LogP contribution in [0.4, 0.5) is 0 Å². The van der Waals surface area contributed by atoms with Crippen molar-refractivity contribution in [3.63, 3.8) is 0 Å². The molecule has 6 heteroatoms. The molecule has 1 aliphatic rings. The van der Waals surface area contributed by atoms with Gasteiger partial charge < -0.3 is 0 Å². The van der Waals surface area contributed by atoms with E-state index in [-0.39, 0.29) is 4.90 Å². The van der Waals surface area contributed by atoms with Crippen molar-refractivity contribution in [2.75, 3.05) is 13.1 Å².